The molecular formula is C11H14ClN3O. The third-order valence-corrected chi connectivity index (χ3v) is 3.16. The lowest BCUT2D eigenvalue weighted by Crippen LogP contribution is -2.26. The van der Waals surface area contributed by atoms with E-state index in [0.717, 1.165) is 24.2 Å². The number of aryl methyl sites for hydroxylation is 1. The van der Waals surface area contributed by atoms with Gasteiger partial charge in [-0.15, -0.1) is 0 Å². The van der Waals surface area contributed by atoms with Crippen molar-refractivity contribution in [2.75, 3.05) is 6.54 Å². The van der Waals surface area contributed by atoms with Gasteiger partial charge >= 0.3 is 0 Å². The normalized spacial score (nSPS) is 20.6. The fraction of sp³-hybridized carbons (Fsp3) is 0.545. The molecule has 16 heavy (non-hydrogen) atoms. The second-order valence-corrected chi connectivity index (χ2v) is 4.54. The number of halogens is 1. The first-order valence-electron chi connectivity index (χ1n) is 5.34. The Morgan fingerprint density at radius 2 is 2.38 bits per heavy atom. The molecule has 1 aliphatic rings. The molecule has 1 unspecified atom stereocenters. The third-order valence-electron chi connectivity index (χ3n) is 2.98. The van der Waals surface area contributed by atoms with Crippen LogP contribution in [0.3, 0.4) is 0 Å². The van der Waals surface area contributed by atoms with E-state index in [2.05, 4.69) is 9.97 Å². The van der Waals surface area contributed by atoms with Crippen molar-refractivity contribution in [3.8, 4) is 0 Å². The molecule has 0 N–H and O–H groups in total. The van der Waals surface area contributed by atoms with E-state index in [-0.39, 0.29) is 17.1 Å². The Morgan fingerprint density at radius 3 is 2.94 bits per heavy atom. The van der Waals surface area contributed by atoms with Gasteiger partial charge in [-0.05, 0) is 24.9 Å². The fourth-order valence-corrected chi connectivity index (χ4v) is 2.05. The van der Waals surface area contributed by atoms with Gasteiger partial charge in [-0.25, -0.2) is 9.97 Å². The predicted molar refractivity (Wildman–Crippen MR) is 61.0 cm³/mol. The molecule has 1 saturated heterocycles. The number of amides is 1. The number of hydrogen-bond donors (Lipinski definition) is 0. The van der Waals surface area contributed by atoms with E-state index in [1.807, 2.05) is 18.7 Å². The first-order valence-corrected chi connectivity index (χ1v) is 5.72. The van der Waals surface area contributed by atoms with Gasteiger partial charge in [-0.1, -0.05) is 6.92 Å². The second kappa shape index (κ2) is 4.37. The number of carbonyl (C=O) groups excluding carboxylic acids is 1. The third kappa shape index (κ3) is 2.16. The summed E-state index contributed by atoms with van der Waals surface area (Å²) in [5.74, 6) is 0.364. The monoisotopic (exact) mass is 239 g/mol. The summed E-state index contributed by atoms with van der Waals surface area (Å²) >= 11 is 5.68. The molecule has 0 radical (unpaired) electrons. The largest absolute Gasteiger partial charge is 0.338 e. The van der Waals surface area contributed by atoms with Crippen LogP contribution in [0.4, 0.5) is 0 Å². The summed E-state index contributed by atoms with van der Waals surface area (Å²) in [4.78, 5) is 21.6. The zero-order chi connectivity index (χ0) is 11.7. The maximum atomic E-state index is 11.7. The van der Waals surface area contributed by atoms with Gasteiger partial charge in [0.25, 0.3) is 0 Å². The van der Waals surface area contributed by atoms with E-state index >= 15 is 0 Å². The summed E-state index contributed by atoms with van der Waals surface area (Å²) in [7, 11) is 0. The van der Waals surface area contributed by atoms with Crippen LogP contribution >= 0.6 is 11.6 Å². The molecule has 1 aliphatic heterocycles. The highest BCUT2D eigenvalue weighted by Gasteiger charge is 2.28. The molecule has 2 rings (SSSR count). The second-order valence-electron chi connectivity index (χ2n) is 4.20. The van der Waals surface area contributed by atoms with Crippen LogP contribution in [0.2, 0.25) is 5.28 Å². The highest BCUT2D eigenvalue weighted by atomic mass is 35.5. The molecule has 1 atom stereocenters. The number of rotatable bonds is 2. The lowest BCUT2D eigenvalue weighted by atomic mass is 10.1. The minimum absolute atomic E-state index is 0.147. The van der Waals surface area contributed by atoms with Gasteiger partial charge in [0.15, 0.2) is 0 Å². The van der Waals surface area contributed by atoms with Crippen molar-refractivity contribution in [1.29, 1.82) is 0 Å². The van der Waals surface area contributed by atoms with E-state index in [9.17, 15) is 4.79 Å². The number of aromatic nitrogens is 2. The molecule has 0 aromatic carbocycles. The molecule has 0 spiro atoms. The SMILES string of the molecule is Cc1nc(Cl)ncc1CN1CCC(C)C1=O. The maximum absolute atomic E-state index is 11.7. The topological polar surface area (TPSA) is 46.1 Å². The van der Waals surface area contributed by atoms with Crippen LogP contribution in [0.1, 0.15) is 24.6 Å². The Labute approximate surface area is 99.6 Å². The highest BCUT2D eigenvalue weighted by molar-refractivity contribution is 6.28. The lowest BCUT2D eigenvalue weighted by Gasteiger charge is -2.16. The van der Waals surface area contributed by atoms with E-state index in [1.54, 1.807) is 6.20 Å². The summed E-state index contributed by atoms with van der Waals surface area (Å²) in [5, 5.41) is 0.252. The van der Waals surface area contributed by atoms with Crippen molar-refractivity contribution in [3.05, 3.63) is 22.7 Å². The fourth-order valence-electron chi connectivity index (χ4n) is 1.88. The molecule has 5 heteroatoms. The van der Waals surface area contributed by atoms with Gasteiger partial charge in [0.1, 0.15) is 0 Å². The summed E-state index contributed by atoms with van der Waals surface area (Å²) in [6.07, 6.45) is 2.63. The standard InChI is InChI=1S/C11H14ClN3O/c1-7-3-4-15(10(7)16)6-9-5-13-11(12)14-8(9)2/h5,7H,3-4,6H2,1-2H3. The Morgan fingerprint density at radius 1 is 1.62 bits per heavy atom. The van der Waals surface area contributed by atoms with Crippen LogP contribution in [0, 0.1) is 12.8 Å². The number of nitrogens with zero attached hydrogens (tertiary/aromatic N) is 3. The van der Waals surface area contributed by atoms with Gasteiger partial charge < -0.3 is 4.90 Å². The summed E-state index contributed by atoms with van der Waals surface area (Å²) in [6, 6.07) is 0. The zero-order valence-electron chi connectivity index (χ0n) is 9.40. The van der Waals surface area contributed by atoms with Crippen molar-refractivity contribution in [3.63, 3.8) is 0 Å². The molecule has 1 fully saturated rings. The van der Waals surface area contributed by atoms with Crippen LogP contribution < -0.4 is 0 Å². The van der Waals surface area contributed by atoms with Gasteiger partial charge in [0, 0.05) is 36.5 Å². The van der Waals surface area contributed by atoms with Crippen molar-refractivity contribution in [2.24, 2.45) is 5.92 Å². The van der Waals surface area contributed by atoms with E-state index in [4.69, 9.17) is 11.6 Å². The highest BCUT2D eigenvalue weighted by Crippen LogP contribution is 2.20. The maximum Gasteiger partial charge on any atom is 0.225 e. The smallest absolute Gasteiger partial charge is 0.225 e. The van der Waals surface area contributed by atoms with E-state index < -0.39 is 0 Å². The van der Waals surface area contributed by atoms with E-state index in [1.165, 1.54) is 0 Å². The molecule has 2 heterocycles. The van der Waals surface area contributed by atoms with Gasteiger partial charge in [-0.2, -0.15) is 0 Å². The van der Waals surface area contributed by atoms with Crippen LogP contribution in [-0.2, 0) is 11.3 Å². The Kier molecular flexibility index (Phi) is 3.10. The number of likely N-dealkylation sites (tertiary alicyclic amines) is 1. The Bertz CT molecular complexity index is 422. The quantitative estimate of drug-likeness (QED) is 0.740. The van der Waals surface area contributed by atoms with Crippen molar-refractivity contribution in [1.82, 2.24) is 14.9 Å². The van der Waals surface area contributed by atoms with Crippen LogP contribution in [0.5, 0.6) is 0 Å². The van der Waals surface area contributed by atoms with Gasteiger partial charge in [0.05, 0.1) is 0 Å². The first kappa shape index (κ1) is 11.3. The molecule has 0 saturated carbocycles. The van der Waals surface area contributed by atoms with Gasteiger partial charge in [0.2, 0.25) is 11.2 Å². The average molecular weight is 240 g/mol. The molecule has 0 aliphatic carbocycles. The lowest BCUT2D eigenvalue weighted by molar-refractivity contribution is -0.131. The van der Waals surface area contributed by atoms with Crippen molar-refractivity contribution < 1.29 is 4.79 Å². The van der Waals surface area contributed by atoms with Crippen molar-refractivity contribution in [2.45, 2.75) is 26.8 Å². The summed E-state index contributed by atoms with van der Waals surface area (Å²) in [5.41, 5.74) is 1.80. The molecule has 1 aromatic rings. The number of hydrogen-bond acceptors (Lipinski definition) is 3. The van der Waals surface area contributed by atoms with E-state index in [0.29, 0.717) is 6.54 Å². The molecule has 4 nitrogen and oxygen atoms in total. The minimum Gasteiger partial charge on any atom is -0.338 e. The number of carbonyl (C=O) groups is 1. The molecule has 0 bridgehead atoms. The molecule has 1 aromatic heterocycles. The molecule has 1 amide bonds. The van der Waals surface area contributed by atoms with Crippen molar-refractivity contribution >= 4 is 17.5 Å². The molecular weight excluding hydrogens is 226 g/mol. The first-order chi connectivity index (χ1) is 7.58. The van der Waals surface area contributed by atoms with Crippen LogP contribution in [-0.4, -0.2) is 27.3 Å². The predicted octanol–water partition coefficient (Wildman–Crippen LogP) is 1.81. The Hall–Kier alpha value is -1.16. The summed E-state index contributed by atoms with van der Waals surface area (Å²) in [6.45, 7) is 5.26. The van der Waals surface area contributed by atoms with Crippen LogP contribution in [0.25, 0.3) is 0 Å². The molecule has 86 valence electrons. The zero-order valence-corrected chi connectivity index (χ0v) is 10.2. The van der Waals surface area contributed by atoms with Crippen LogP contribution in [0.15, 0.2) is 6.20 Å². The Balaban J connectivity index is 2.12. The minimum atomic E-state index is 0.147. The average Bonchev–Trinajstić information content (AvgIpc) is 2.54. The van der Waals surface area contributed by atoms with Gasteiger partial charge in [-0.3, -0.25) is 4.79 Å². The summed E-state index contributed by atoms with van der Waals surface area (Å²) < 4.78 is 0.